The first-order valence-electron chi connectivity index (χ1n) is 40.3. The van der Waals surface area contributed by atoms with Gasteiger partial charge in [-0.1, -0.05) is 25.1 Å². The summed E-state index contributed by atoms with van der Waals surface area (Å²) >= 11 is 0. The molecule has 0 radical (unpaired) electrons. The third-order valence-corrected chi connectivity index (χ3v) is 23.4. The number of morpholine rings is 3. The van der Waals surface area contributed by atoms with Gasteiger partial charge in [-0.05, 0) is 181 Å². The maximum atomic E-state index is 14.4. The van der Waals surface area contributed by atoms with Gasteiger partial charge in [-0.2, -0.15) is 39.5 Å². The average molecular weight is 1700 g/mol. The van der Waals surface area contributed by atoms with Gasteiger partial charge in [0.25, 0.3) is 17.8 Å². The number of carbonyl (C=O) groups is 3. The topological polar surface area (TPSA) is 235 Å². The fourth-order valence-electron chi connectivity index (χ4n) is 16.6. The third kappa shape index (κ3) is 22.4. The summed E-state index contributed by atoms with van der Waals surface area (Å²) in [5.74, 6) is -8.37. The van der Waals surface area contributed by atoms with Crippen LogP contribution in [-0.2, 0) is 14.2 Å². The van der Waals surface area contributed by atoms with Crippen LogP contribution >= 0.6 is 0 Å². The second kappa shape index (κ2) is 36.3. The molecule has 6 aromatic rings. The number of pyridine rings is 3. The highest BCUT2D eigenvalue weighted by molar-refractivity contribution is 5.93. The van der Waals surface area contributed by atoms with Gasteiger partial charge in [0.15, 0.2) is 0 Å². The largest absolute Gasteiger partial charge is 0.389 e. The lowest BCUT2D eigenvalue weighted by Gasteiger charge is -2.29. The average Bonchev–Trinajstić information content (AvgIpc) is 1.53. The number of benzene rings is 3. The zero-order chi connectivity index (χ0) is 86.0. The normalized spacial score (nSPS) is 23.1. The van der Waals surface area contributed by atoms with Crippen molar-refractivity contribution < 1.29 is 94.5 Å². The van der Waals surface area contributed by atoms with Crippen LogP contribution in [0.15, 0.2) is 91.0 Å². The van der Waals surface area contributed by atoms with Crippen LogP contribution in [0.2, 0.25) is 0 Å². The van der Waals surface area contributed by atoms with Crippen LogP contribution in [0.4, 0.5) is 132 Å². The summed E-state index contributed by atoms with van der Waals surface area (Å²) in [6, 6.07) is 23.1. The second-order valence-electron chi connectivity index (χ2n) is 32.7. The van der Waals surface area contributed by atoms with E-state index in [9.17, 15) is 80.2 Å². The number of nitrogens with one attached hydrogen (secondary N) is 3. The first-order chi connectivity index (χ1) is 56.6. The molecule has 7 N–H and O–H groups in total. The predicted octanol–water partition coefficient (Wildman–Crippen LogP) is 14.8. The first kappa shape index (κ1) is 88.3. The van der Waals surface area contributed by atoms with E-state index in [0.29, 0.717) is 150 Å². The Hall–Kier alpha value is -9.53. The molecule has 9 aliphatic rings. The Morgan fingerprint density at radius 3 is 0.883 bits per heavy atom. The van der Waals surface area contributed by atoms with Gasteiger partial charge < -0.3 is 85.7 Å². The highest BCUT2D eigenvalue weighted by Gasteiger charge is 2.50. The molecule has 0 aliphatic carbocycles. The maximum absolute atomic E-state index is 14.4. The fourth-order valence-corrected chi connectivity index (χ4v) is 16.6. The van der Waals surface area contributed by atoms with Crippen molar-refractivity contribution in [2.45, 2.75) is 115 Å². The van der Waals surface area contributed by atoms with Crippen molar-refractivity contribution in [3.8, 4) is 33.4 Å². The molecule has 120 heavy (non-hydrogen) atoms. The summed E-state index contributed by atoms with van der Waals surface area (Å²) in [5, 5.41) is 8.43. The summed E-state index contributed by atoms with van der Waals surface area (Å²) in [6.45, 7) is 13.7. The number of hydrogen-bond acceptors (Lipinski definition) is 17. The number of halogens is 15. The van der Waals surface area contributed by atoms with E-state index in [2.05, 4.69) is 20.9 Å². The van der Waals surface area contributed by atoms with Gasteiger partial charge in [-0.3, -0.25) is 0 Å². The molecule has 0 saturated carbocycles. The summed E-state index contributed by atoms with van der Waals surface area (Å²) in [4.78, 5) is 67.7. The van der Waals surface area contributed by atoms with Crippen molar-refractivity contribution >= 4 is 70.1 Å². The molecule has 654 valence electrons. The summed E-state index contributed by atoms with van der Waals surface area (Å²) < 4.78 is 217. The zero-order valence-corrected chi connectivity index (χ0v) is 67.0. The number of nitrogens with zero attached hydrogens (tertiary/aromatic N) is 12. The Bertz CT molecular complexity index is 4160. The maximum Gasteiger partial charge on any atom is 0.389 e. The molecule has 9 aliphatic heterocycles. The van der Waals surface area contributed by atoms with E-state index >= 15 is 0 Å². The smallest absolute Gasteiger partial charge is 0.378 e. The van der Waals surface area contributed by atoms with E-state index in [0.717, 1.165) is 50.1 Å². The van der Waals surface area contributed by atoms with Crippen molar-refractivity contribution in [3.63, 3.8) is 0 Å². The SMILES string of the molecule is Cc1ccc(NC(=O)N2CC[C@@H](CC(F)(F)F)C2)cc1-c1cc(N2CCOCC2)nc(N2C[C@@H](N)C(F)(F)C2)c1.Cc1ccc(NC(=O)N2CC[C@@H](CC(F)(F)F)C2)cc1-c1cc(N2CCOCC2)nc(N2C[C@H](C)C(F)(F)C2)c1.Cc1ccc(NC(=O)N2CC[C@@H](CC(F)(F)F)C2)cc1-c1cc(N2CCOCC2)nc(N2C[C@H](N)C(F)(F)C2)c1. The van der Waals surface area contributed by atoms with Gasteiger partial charge >= 0.3 is 36.6 Å². The van der Waals surface area contributed by atoms with Crippen LogP contribution in [0.1, 0.15) is 62.1 Å². The molecular weight excluding hydrogens is 1600 g/mol. The number of amides is 6. The van der Waals surface area contributed by atoms with Crippen molar-refractivity contribution in [2.75, 3.05) is 203 Å². The van der Waals surface area contributed by atoms with E-state index in [1.165, 1.54) is 31.4 Å². The molecular formula is C82H100F15N17O6. The highest BCUT2D eigenvalue weighted by atomic mass is 19.4. The lowest BCUT2D eigenvalue weighted by molar-refractivity contribution is -0.144. The van der Waals surface area contributed by atoms with Gasteiger partial charge in [0.05, 0.1) is 71.4 Å². The zero-order valence-electron chi connectivity index (χ0n) is 67.0. The summed E-state index contributed by atoms with van der Waals surface area (Å²) in [5.41, 5.74) is 20.1. The number of aromatic nitrogens is 3. The molecule has 0 bridgehead atoms. The Morgan fingerprint density at radius 1 is 0.383 bits per heavy atom. The van der Waals surface area contributed by atoms with Gasteiger partial charge in [0.2, 0.25) is 0 Å². The van der Waals surface area contributed by atoms with Crippen molar-refractivity contribution in [2.24, 2.45) is 35.1 Å². The van der Waals surface area contributed by atoms with Gasteiger partial charge in [-0.25, -0.2) is 55.7 Å². The Labute approximate surface area is 685 Å². The minimum Gasteiger partial charge on any atom is -0.378 e. The summed E-state index contributed by atoms with van der Waals surface area (Å²) in [7, 11) is 0. The molecule has 3 aromatic heterocycles. The third-order valence-electron chi connectivity index (χ3n) is 23.4. The quantitative estimate of drug-likeness (QED) is 0.0601. The lowest BCUT2D eigenvalue weighted by Crippen LogP contribution is -2.38. The van der Waals surface area contributed by atoms with Gasteiger partial charge in [-0.15, -0.1) is 0 Å². The molecule has 9 fully saturated rings. The number of aryl methyl sites for hydroxylation is 3. The van der Waals surface area contributed by atoms with Gasteiger partial charge in [0.1, 0.15) is 34.9 Å². The number of likely N-dealkylation sites (tertiary alicyclic amines) is 3. The van der Waals surface area contributed by atoms with Gasteiger partial charge in [0, 0.05) is 140 Å². The number of nitrogens with two attached hydrogens (primary N) is 2. The van der Waals surface area contributed by atoms with E-state index in [1.54, 1.807) is 59.5 Å². The Balaban J connectivity index is 0.000000156. The molecule has 3 aromatic carbocycles. The van der Waals surface area contributed by atoms with Crippen LogP contribution in [0.25, 0.3) is 33.4 Å². The van der Waals surface area contributed by atoms with Crippen molar-refractivity contribution in [1.82, 2.24) is 29.7 Å². The molecule has 6 amide bonds. The molecule has 0 unspecified atom stereocenters. The first-order valence-corrected chi connectivity index (χ1v) is 40.3. The van der Waals surface area contributed by atoms with E-state index in [4.69, 9.17) is 40.6 Å². The number of carbonyl (C=O) groups excluding carboxylic acids is 3. The van der Waals surface area contributed by atoms with Crippen molar-refractivity contribution in [3.05, 3.63) is 108 Å². The van der Waals surface area contributed by atoms with Crippen LogP contribution in [0.3, 0.4) is 0 Å². The number of hydrogen-bond donors (Lipinski definition) is 5. The monoisotopic (exact) mass is 1700 g/mol. The molecule has 15 rings (SSSR count). The molecule has 9 saturated heterocycles. The number of alkyl halides is 15. The minimum atomic E-state index is -4.26. The standard InChI is InChI=1S/C28H34F5N5O2.2C27H33F5N6O2/c1-18-3-4-22(34-26(39)37-6-5-20(16-37)14-28(31,32)33)13-23(18)21-11-24(36-7-9-40-10-8-36)35-25(12-21)38-15-19(2)27(29,30)17-38;2*1-17-2-3-20(34-25(39)37-5-4-18(14-37)13-27(30,31)32)12-21(17)19-10-23(36-6-8-40-9-7-36)35-24(11-19)38-15-22(33)26(28,29)16-38/h3-4,11-13,19-20H,5-10,14-17H2,1-2H3,(H,34,39);2*2-3,10-12,18,22H,4-9,13-16,33H2,1H3,(H,34,39)/t19-,20-;18-,22+;18-,22-/m000/s1. The van der Waals surface area contributed by atoms with Crippen LogP contribution in [0.5, 0.6) is 0 Å². The van der Waals surface area contributed by atoms with Crippen LogP contribution < -0.4 is 56.8 Å². The number of ether oxygens (including phenoxy) is 3. The molecule has 12 heterocycles. The predicted molar refractivity (Wildman–Crippen MR) is 427 cm³/mol. The number of rotatable bonds is 15. The summed E-state index contributed by atoms with van der Waals surface area (Å²) in [6.07, 6.45) is -14.6. The minimum absolute atomic E-state index is 0.0355. The fraction of sp³-hybridized carbons (Fsp3) is 0.561. The molecule has 23 nitrogen and oxygen atoms in total. The molecule has 6 atom stereocenters. The Morgan fingerprint density at radius 2 is 0.642 bits per heavy atom. The Kier molecular flexibility index (Phi) is 26.7. The number of urea groups is 3. The highest BCUT2D eigenvalue weighted by Crippen LogP contribution is 2.43. The molecule has 38 heteroatoms. The number of anilines is 9. The second-order valence-corrected chi connectivity index (χ2v) is 32.7. The molecule has 0 spiro atoms. The van der Waals surface area contributed by atoms with Crippen LogP contribution in [-0.4, -0.2) is 254 Å². The van der Waals surface area contributed by atoms with Crippen molar-refractivity contribution in [1.29, 1.82) is 0 Å². The van der Waals surface area contributed by atoms with Crippen LogP contribution in [0, 0.1) is 44.4 Å². The van der Waals surface area contributed by atoms with E-state index in [1.807, 2.05) is 67.0 Å². The lowest BCUT2D eigenvalue weighted by atomic mass is 10.00. The van der Waals surface area contributed by atoms with E-state index < -0.39 is 129 Å². The van der Waals surface area contributed by atoms with E-state index in [-0.39, 0.29) is 58.9 Å².